The van der Waals surface area contributed by atoms with Crippen LogP contribution in [-0.2, 0) is 0 Å². The fourth-order valence-corrected chi connectivity index (χ4v) is 8.85. The molecule has 8 atom stereocenters. The zero-order valence-electron chi connectivity index (χ0n) is 18.7. The summed E-state index contributed by atoms with van der Waals surface area (Å²) in [5.41, 5.74) is -0.842. The van der Waals surface area contributed by atoms with Crippen molar-refractivity contribution in [3.05, 3.63) is 0 Å². The minimum absolute atomic E-state index is 0.00304. The van der Waals surface area contributed by atoms with Crippen LogP contribution in [0.3, 0.4) is 0 Å². The Balaban J connectivity index is 1.51. The molecule has 4 rings (SSSR count). The van der Waals surface area contributed by atoms with Crippen LogP contribution >= 0.6 is 0 Å². The van der Waals surface area contributed by atoms with E-state index < -0.39 is 11.2 Å². The number of fused-ring (bicyclic) bond motifs is 5. The molecule has 0 aliphatic heterocycles. The third-order valence-corrected chi connectivity index (χ3v) is 10.7. The van der Waals surface area contributed by atoms with E-state index in [1.165, 1.54) is 19.3 Å². The first kappa shape index (κ1) is 22.0. The summed E-state index contributed by atoms with van der Waals surface area (Å²) in [6, 6.07) is 0. The van der Waals surface area contributed by atoms with Crippen molar-refractivity contribution in [2.75, 3.05) is 13.2 Å². The molecule has 0 radical (unpaired) electrons. The number of rotatable bonds is 6. The molecule has 4 saturated carbocycles. The van der Waals surface area contributed by atoms with E-state index in [1.54, 1.807) is 0 Å². The molecule has 0 amide bonds. The molecule has 4 heteroatoms. The minimum atomic E-state index is -0.597. The van der Waals surface area contributed by atoms with E-state index in [9.17, 15) is 20.4 Å². The average Bonchev–Trinajstić information content (AvgIpc) is 2.97. The van der Waals surface area contributed by atoms with Crippen molar-refractivity contribution in [3.63, 3.8) is 0 Å². The first-order valence-electron chi connectivity index (χ1n) is 12.4. The molecule has 4 N–H and O–H groups in total. The number of aliphatic hydroxyl groups excluding tert-OH is 2. The van der Waals surface area contributed by atoms with Gasteiger partial charge in [-0.15, -0.1) is 0 Å². The van der Waals surface area contributed by atoms with Gasteiger partial charge in [-0.05, 0) is 118 Å². The molecule has 0 unspecified atom stereocenters. The highest BCUT2D eigenvalue weighted by Crippen LogP contribution is 2.69. The van der Waals surface area contributed by atoms with Crippen molar-refractivity contribution < 1.29 is 20.4 Å². The molecule has 0 spiro atoms. The lowest BCUT2D eigenvalue weighted by atomic mass is 9.43. The molecule has 0 aromatic rings. The Labute approximate surface area is 177 Å². The number of aliphatic hydroxyl groups is 4. The van der Waals surface area contributed by atoms with Crippen molar-refractivity contribution in [1.29, 1.82) is 0 Å². The van der Waals surface area contributed by atoms with E-state index in [0.29, 0.717) is 36.0 Å². The van der Waals surface area contributed by atoms with Crippen molar-refractivity contribution >= 4 is 0 Å². The monoisotopic (exact) mass is 408 g/mol. The van der Waals surface area contributed by atoms with Crippen molar-refractivity contribution in [2.24, 2.45) is 34.5 Å². The van der Waals surface area contributed by atoms with Gasteiger partial charge in [0.1, 0.15) is 0 Å². The van der Waals surface area contributed by atoms with Gasteiger partial charge in [0.25, 0.3) is 0 Å². The van der Waals surface area contributed by atoms with Crippen LogP contribution in [0.25, 0.3) is 0 Å². The normalized spacial score (nSPS) is 51.9. The summed E-state index contributed by atoms with van der Waals surface area (Å²) in [6.45, 7) is 5.21. The third kappa shape index (κ3) is 3.41. The third-order valence-electron chi connectivity index (χ3n) is 10.7. The lowest BCUT2D eigenvalue weighted by Gasteiger charge is -2.62. The molecular weight excluding hydrogens is 364 g/mol. The van der Waals surface area contributed by atoms with Crippen LogP contribution < -0.4 is 0 Å². The Hall–Kier alpha value is -0.160. The summed E-state index contributed by atoms with van der Waals surface area (Å²) in [7, 11) is 0. The highest BCUT2D eigenvalue weighted by molar-refractivity contribution is 5.14. The van der Waals surface area contributed by atoms with E-state index in [1.807, 2.05) is 0 Å². The van der Waals surface area contributed by atoms with Gasteiger partial charge in [-0.25, -0.2) is 0 Å². The predicted octanol–water partition coefficient (Wildman–Crippen LogP) is 4.04. The summed E-state index contributed by atoms with van der Waals surface area (Å²) in [5, 5.41) is 41.2. The van der Waals surface area contributed by atoms with Crippen LogP contribution in [0.5, 0.6) is 0 Å². The summed E-state index contributed by atoms with van der Waals surface area (Å²) in [6.07, 6.45) is 12.6. The van der Waals surface area contributed by atoms with Gasteiger partial charge in [-0.3, -0.25) is 0 Å². The Kier molecular flexibility index (Phi) is 5.90. The fraction of sp³-hybridized carbons (Fsp3) is 1.00. The van der Waals surface area contributed by atoms with Crippen LogP contribution in [0.2, 0.25) is 0 Å². The zero-order valence-corrected chi connectivity index (χ0v) is 18.7. The Morgan fingerprint density at radius 1 is 0.759 bits per heavy atom. The summed E-state index contributed by atoms with van der Waals surface area (Å²) < 4.78 is 0. The van der Waals surface area contributed by atoms with Gasteiger partial charge in [0.15, 0.2) is 0 Å². The van der Waals surface area contributed by atoms with Gasteiger partial charge in [0, 0.05) is 13.2 Å². The van der Waals surface area contributed by atoms with E-state index in [4.69, 9.17) is 0 Å². The quantitative estimate of drug-likeness (QED) is 0.535. The van der Waals surface area contributed by atoms with Crippen LogP contribution in [0, 0.1) is 34.5 Å². The van der Waals surface area contributed by atoms with Crippen molar-refractivity contribution in [3.8, 4) is 0 Å². The summed E-state index contributed by atoms with van der Waals surface area (Å²) in [4.78, 5) is 0. The maximum Gasteiger partial charge on any atom is 0.0704 e. The molecule has 4 aliphatic rings. The fourth-order valence-electron chi connectivity index (χ4n) is 8.85. The second-order valence-corrected chi connectivity index (χ2v) is 11.8. The lowest BCUT2D eigenvalue weighted by Crippen LogP contribution is -2.58. The van der Waals surface area contributed by atoms with Gasteiger partial charge in [0.05, 0.1) is 11.2 Å². The van der Waals surface area contributed by atoms with E-state index in [0.717, 1.165) is 57.3 Å². The van der Waals surface area contributed by atoms with E-state index >= 15 is 0 Å². The first-order valence-corrected chi connectivity index (χ1v) is 12.4. The molecule has 0 aromatic carbocycles. The molecule has 0 saturated heterocycles. The molecule has 0 bridgehead atoms. The second kappa shape index (κ2) is 7.76. The molecule has 29 heavy (non-hydrogen) atoms. The topological polar surface area (TPSA) is 80.9 Å². The van der Waals surface area contributed by atoms with Gasteiger partial charge in [-0.2, -0.15) is 0 Å². The highest BCUT2D eigenvalue weighted by atomic mass is 16.3. The van der Waals surface area contributed by atoms with Crippen LogP contribution in [-0.4, -0.2) is 44.8 Å². The predicted molar refractivity (Wildman–Crippen MR) is 114 cm³/mol. The maximum absolute atomic E-state index is 11.6. The van der Waals surface area contributed by atoms with Crippen molar-refractivity contribution in [2.45, 2.75) is 109 Å². The molecule has 4 aliphatic carbocycles. The van der Waals surface area contributed by atoms with E-state index in [2.05, 4.69) is 13.8 Å². The Bertz CT molecular complexity index is 595. The molecule has 4 nitrogen and oxygen atoms in total. The molecular formula is C25H44O4. The largest absolute Gasteiger partial charge is 0.396 e. The van der Waals surface area contributed by atoms with Gasteiger partial charge < -0.3 is 20.4 Å². The minimum Gasteiger partial charge on any atom is -0.396 e. The average molecular weight is 409 g/mol. The van der Waals surface area contributed by atoms with E-state index in [-0.39, 0.29) is 18.6 Å². The first-order chi connectivity index (χ1) is 13.7. The van der Waals surface area contributed by atoms with Gasteiger partial charge >= 0.3 is 0 Å². The summed E-state index contributed by atoms with van der Waals surface area (Å²) >= 11 is 0. The van der Waals surface area contributed by atoms with Crippen LogP contribution in [0.4, 0.5) is 0 Å². The standard InChI is InChI=1S/C25H44O4/c1-22-13-14-24(28,9-3-15-26)17-18(22)5-6-19-20(22)7-11-23(2)21(19)8-12-25(23,29)10-4-16-27/h18-21,26-29H,3-17H2,1-2H3/t18-,19+,20-,21-,22-,23-,24-,25-/m0/s1. The number of hydrogen-bond acceptors (Lipinski definition) is 4. The Morgan fingerprint density at radius 3 is 2.17 bits per heavy atom. The maximum atomic E-state index is 11.6. The highest BCUT2D eigenvalue weighted by Gasteiger charge is 2.64. The molecule has 0 aromatic heterocycles. The van der Waals surface area contributed by atoms with Gasteiger partial charge in [0.2, 0.25) is 0 Å². The molecule has 4 fully saturated rings. The van der Waals surface area contributed by atoms with Crippen molar-refractivity contribution in [1.82, 2.24) is 0 Å². The lowest BCUT2D eigenvalue weighted by molar-refractivity contribution is -0.173. The molecule has 0 heterocycles. The Morgan fingerprint density at radius 2 is 1.45 bits per heavy atom. The summed E-state index contributed by atoms with van der Waals surface area (Å²) in [5.74, 6) is 2.64. The van der Waals surface area contributed by atoms with Crippen LogP contribution in [0.1, 0.15) is 97.3 Å². The smallest absolute Gasteiger partial charge is 0.0704 e. The zero-order chi connectivity index (χ0) is 20.9. The second-order valence-electron chi connectivity index (χ2n) is 11.8. The molecule has 168 valence electrons. The number of hydrogen-bond donors (Lipinski definition) is 4. The van der Waals surface area contributed by atoms with Gasteiger partial charge in [-0.1, -0.05) is 13.8 Å². The van der Waals surface area contributed by atoms with Crippen LogP contribution in [0.15, 0.2) is 0 Å². The SMILES string of the molecule is C[C@]12CC[C@@](O)(CCCO)C[C@@H]1CC[C@@H]1[C@@H]2CC[C@@]2(C)[C@H]1CC[C@@]2(O)CCCO.